The Labute approximate surface area is 352 Å². The van der Waals surface area contributed by atoms with E-state index in [1.165, 1.54) is 99.4 Å². The van der Waals surface area contributed by atoms with Gasteiger partial charge in [0.05, 0.1) is 38.8 Å². The van der Waals surface area contributed by atoms with E-state index in [0.717, 1.165) is 28.8 Å². The van der Waals surface area contributed by atoms with E-state index in [1.807, 2.05) is 35.0 Å². The number of carbonyl (C=O) groups excluding carboxylic acids is 1. The second-order valence-electron chi connectivity index (χ2n) is 14.2. The molecule has 0 fully saturated rings. The molecule has 6 aromatic rings. The van der Waals surface area contributed by atoms with Gasteiger partial charge in [-0.1, -0.05) is 36.4 Å². The standard InChI is InChI=1S/C39H42N4O10S6/c1-41(2)58(49,50)34-11-7-30(8-12-34)36(25-56(45,46)23-28-5-15-38-32(21-28)17-19-54-38)40-53-43(27-44)37(31-9-13-35(14-10-31)59(51,52)42(3)4)26-57(47,48)24-29-6-16-39-33(22-29)18-20-55-39/h5-22,27,36-37,40H,23-26H2,1-4H3/t36-,37-/m1/s1. The van der Waals surface area contributed by atoms with Crippen LogP contribution in [0.4, 0.5) is 0 Å². The van der Waals surface area contributed by atoms with Gasteiger partial charge in [-0.05, 0) is 104 Å². The molecular weight excluding hydrogens is 877 g/mol. The average Bonchev–Trinajstić information content (AvgIpc) is 3.86. The van der Waals surface area contributed by atoms with Crippen LogP contribution < -0.4 is 5.48 Å². The van der Waals surface area contributed by atoms with E-state index in [1.54, 1.807) is 24.3 Å². The van der Waals surface area contributed by atoms with Gasteiger partial charge in [-0.15, -0.1) is 22.7 Å². The van der Waals surface area contributed by atoms with Crippen molar-refractivity contribution >= 4 is 89.0 Å². The fourth-order valence-electron chi connectivity index (χ4n) is 6.29. The van der Waals surface area contributed by atoms with E-state index in [4.69, 9.17) is 4.94 Å². The topological polar surface area (TPSA) is 185 Å². The molecule has 1 amide bonds. The maximum atomic E-state index is 13.9. The fourth-order valence-corrected chi connectivity index (χ4v) is 12.8. The maximum Gasteiger partial charge on any atom is 0.242 e. The zero-order valence-corrected chi connectivity index (χ0v) is 37.2. The van der Waals surface area contributed by atoms with Gasteiger partial charge in [0.2, 0.25) is 26.5 Å². The van der Waals surface area contributed by atoms with Crippen LogP contribution >= 0.6 is 22.7 Å². The highest BCUT2D eigenvalue weighted by molar-refractivity contribution is 7.91. The van der Waals surface area contributed by atoms with Crippen LogP contribution in [-0.4, -0.2) is 93.5 Å². The Bertz CT molecular complexity index is 2890. The van der Waals surface area contributed by atoms with Crippen molar-refractivity contribution in [2.24, 2.45) is 0 Å². The number of carbonyl (C=O) groups is 1. The van der Waals surface area contributed by atoms with Gasteiger partial charge in [-0.2, -0.15) is 15.5 Å². The molecule has 14 nitrogen and oxygen atoms in total. The highest BCUT2D eigenvalue weighted by Gasteiger charge is 2.31. The Hall–Kier alpha value is -4.09. The lowest BCUT2D eigenvalue weighted by molar-refractivity contribution is -0.223. The monoisotopic (exact) mass is 918 g/mol. The first-order valence-electron chi connectivity index (χ1n) is 17.8. The van der Waals surface area contributed by atoms with Crippen molar-refractivity contribution in [2.45, 2.75) is 33.4 Å². The van der Waals surface area contributed by atoms with Crippen LogP contribution in [0.5, 0.6) is 0 Å². The quantitative estimate of drug-likeness (QED) is 0.0797. The highest BCUT2D eigenvalue weighted by Crippen LogP contribution is 2.29. The predicted molar refractivity (Wildman–Crippen MR) is 231 cm³/mol. The van der Waals surface area contributed by atoms with Crippen molar-refractivity contribution in [3.63, 3.8) is 0 Å². The summed E-state index contributed by atoms with van der Waals surface area (Å²) < 4.78 is 111. The van der Waals surface area contributed by atoms with E-state index in [2.05, 4.69) is 5.48 Å². The number of nitrogens with zero attached hydrogens (tertiary/aromatic N) is 3. The zero-order chi connectivity index (χ0) is 42.8. The summed E-state index contributed by atoms with van der Waals surface area (Å²) in [6, 6.07) is 22.7. The first-order chi connectivity index (χ1) is 27.8. The van der Waals surface area contributed by atoms with Gasteiger partial charge >= 0.3 is 0 Å². The van der Waals surface area contributed by atoms with Gasteiger partial charge in [-0.3, -0.25) is 4.79 Å². The number of fused-ring (bicyclic) bond motifs is 2. The van der Waals surface area contributed by atoms with E-state index in [-0.39, 0.29) is 38.8 Å². The molecule has 0 saturated carbocycles. The molecule has 0 aliphatic heterocycles. The highest BCUT2D eigenvalue weighted by atomic mass is 32.2. The summed E-state index contributed by atoms with van der Waals surface area (Å²) in [5.41, 5.74) is 4.20. The van der Waals surface area contributed by atoms with Gasteiger partial charge < -0.3 is 0 Å². The van der Waals surface area contributed by atoms with E-state index in [0.29, 0.717) is 16.2 Å². The van der Waals surface area contributed by atoms with Gasteiger partial charge in [0.15, 0.2) is 19.7 Å². The summed E-state index contributed by atoms with van der Waals surface area (Å²) in [5, 5.41) is 6.26. The van der Waals surface area contributed by atoms with Crippen molar-refractivity contribution in [2.75, 3.05) is 39.7 Å². The molecule has 0 aliphatic carbocycles. The summed E-state index contributed by atoms with van der Waals surface area (Å²) in [7, 11) is -10.2. The number of sulfone groups is 2. The molecule has 0 saturated heterocycles. The summed E-state index contributed by atoms with van der Waals surface area (Å²) in [6.45, 7) is 0. The maximum absolute atomic E-state index is 13.9. The minimum absolute atomic E-state index is 0.0458. The number of nitrogens with one attached hydrogen (secondary N) is 1. The number of amides is 1. The molecule has 2 aromatic heterocycles. The molecule has 0 radical (unpaired) electrons. The Morgan fingerprint density at radius 3 is 1.47 bits per heavy atom. The van der Waals surface area contributed by atoms with E-state index >= 15 is 0 Å². The third kappa shape index (κ3) is 10.6. The Kier molecular flexibility index (Phi) is 13.5. The Morgan fingerprint density at radius 1 is 0.593 bits per heavy atom. The fraction of sp³-hybridized carbons (Fsp3) is 0.256. The summed E-state index contributed by atoms with van der Waals surface area (Å²) >= 11 is 3.04. The molecule has 2 heterocycles. The number of hydroxylamine groups is 3. The van der Waals surface area contributed by atoms with Crippen molar-refractivity contribution in [3.05, 3.63) is 130 Å². The second kappa shape index (κ2) is 17.9. The van der Waals surface area contributed by atoms with Crippen LogP contribution in [0, 0.1) is 0 Å². The summed E-state index contributed by atoms with van der Waals surface area (Å²) in [4.78, 5) is 18.6. The van der Waals surface area contributed by atoms with Crippen LogP contribution in [0.25, 0.3) is 20.2 Å². The Morgan fingerprint density at radius 2 is 1.03 bits per heavy atom. The van der Waals surface area contributed by atoms with E-state index in [9.17, 15) is 38.5 Å². The minimum atomic E-state index is -4.02. The Balaban J connectivity index is 1.32. The normalized spacial score (nSPS) is 13.9. The van der Waals surface area contributed by atoms with E-state index < -0.39 is 63.3 Å². The number of benzene rings is 4. The van der Waals surface area contributed by atoms with Gasteiger partial charge in [0, 0.05) is 37.6 Å². The molecule has 0 spiro atoms. The van der Waals surface area contributed by atoms with Crippen LogP contribution in [0.15, 0.2) is 118 Å². The predicted octanol–water partition coefficient (Wildman–Crippen LogP) is 5.52. The number of hydrogen-bond acceptors (Lipinski definition) is 13. The van der Waals surface area contributed by atoms with Crippen molar-refractivity contribution < 1.29 is 43.4 Å². The van der Waals surface area contributed by atoms with Gasteiger partial charge in [-0.25, -0.2) is 42.3 Å². The third-order valence-corrected chi connectivity index (χ3v) is 18.1. The SMILES string of the molecule is CN(C)S(=O)(=O)c1ccc([C@@H](CS(=O)(=O)Cc2ccc3sccc3c2)N(C=O)ON[C@H](CS(=O)(=O)Cc2ccc3sccc3c2)c2ccc(S(=O)(=O)N(C)C)cc2)cc1. The molecule has 0 aliphatic rings. The van der Waals surface area contributed by atoms with Gasteiger partial charge in [0.1, 0.15) is 6.04 Å². The molecule has 2 atom stereocenters. The third-order valence-electron chi connectivity index (χ3n) is 9.46. The molecule has 20 heteroatoms. The number of thiophene rings is 2. The lowest BCUT2D eigenvalue weighted by atomic mass is 10.1. The molecule has 314 valence electrons. The van der Waals surface area contributed by atoms with Crippen LogP contribution in [0.2, 0.25) is 0 Å². The smallest absolute Gasteiger partial charge is 0.242 e. The molecule has 1 N–H and O–H groups in total. The second-order valence-corrected chi connectivity index (χ2v) is 24.6. The lowest BCUT2D eigenvalue weighted by Gasteiger charge is -2.29. The molecule has 0 bridgehead atoms. The van der Waals surface area contributed by atoms with Crippen LogP contribution in [0.3, 0.4) is 0 Å². The lowest BCUT2D eigenvalue weighted by Crippen LogP contribution is -2.40. The van der Waals surface area contributed by atoms with Gasteiger partial charge in [0.25, 0.3) is 0 Å². The summed E-state index contributed by atoms with van der Waals surface area (Å²) in [6.07, 6.45) is 0.240. The first kappa shape index (κ1) is 44.5. The number of sulfonamides is 2. The molecule has 6 rings (SSSR count). The molecule has 4 aromatic carbocycles. The van der Waals surface area contributed by atoms with Crippen molar-refractivity contribution in [3.8, 4) is 0 Å². The van der Waals surface area contributed by atoms with Crippen LogP contribution in [0.1, 0.15) is 34.3 Å². The minimum Gasteiger partial charge on any atom is -0.276 e. The first-order valence-corrected chi connectivity index (χ1v) is 26.1. The zero-order valence-electron chi connectivity index (χ0n) is 32.3. The van der Waals surface area contributed by atoms with Crippen molar-refractivity contribution in [1.29, 1.82) is 0 Å². The molecular formula is C39H42N4O10S6. The number of hydrogen-bond donors (Lipinski definition) is 1. The summed E-state index contributed by atoms with van der Waals surface area (Å²) in [5.74, 6) is -1.98. The molecule has 59 heavy (non-hydrogen) atoms. The molecule has 0 unspecified atom stereocenters. The van der Waals surface area contributed by atoms with Crippen molar-refractivity contribution in [1.82, 2.24) is 19.2 Å². The van der Waals surface area contributed by atoms with Crippen LogP contribution in [-0.2, 0) is 61.0 Å². The number of rotatable bonds is 19. The largest absolute Gasteiger partial charge is 0.276 e. The average molecular weight is 919 g/mol.